The number of thioether (sulfide) groups is 1. The van der Waals surface area contributed by atoms with E-state index in [1.807, 2.05) is 47.0 Å². The van der Waals surface area contributed by atoms with Gasteiger partial charge in [0.1, 0.15) is 5.52 Å². The molecule has 1 aliphatic rings. The van der Waals surface area contributed by atoms with E-state index in [9.17, 15) is 13.2 Å². The molecular weight excluding hydrogens is 522 g/mol. The van der Waals surface area contributed by atoms with Crippen LogP contribution in [0, 0.1) is 0 Å². The minimum atomic E-state index is -3.59. The molecular formula is C26H23N7O3S2. The van der Waals surface area contributed by atoms with Crippen LogP contribution in [0.15, 0.2) is 93.7 Å². The van der Waals surface area contributed by atoms with Crippen LogP contribution in [-0.4, -0.2) is 55.6 Å². The van der Waals surface area contributed by atoms with Crippen LogP contribution in [0.4, 0.5) is 0 Å². The molecule has 0 spiro atoms. The third kappa shape index (κ3) is 4.51. The maximum absolute atomic E-state index is 13.2. The van der Waals surface area contributed by atoms with Gasteiger partial charge in [-0.25, -0.2) is 8.42 Å². The minimum Gasteiger partial charge on any atom is -0.270 e. The van der Waals surface area contributed by atoms with Gasteiger partial charge in [-0.2, -0.15) is 8.99 Å². The van der Waals surface area contributed by atoms with Crippen molar-refractivity contribution in [1.29, 1.82) is 0 Å². The van der Waals surface area contributed by atoms with Crippen LogP contribution in [0.1, 0.15) is 12.8 Å². The molecule has 0 atom stereocenters. The molecule has 5 aromatic rings. The highest BCUT2D eigenvalue weighted by Gasteiger charge is 2.28. The molecule has 6 rings (SSSR count). The van der Waals surface area contributed by atoms with Gasteiger partial charge in [0.25, 0.3) is 5.56 Å². The zero-order valence-corrected chi connectivity index (χ0v) is 21.8. The lowest BCUT2D eigenvalue weighted by molar-refractivity contribution is 0.477. The summed E-state index contributed by atoms with van der Waals surface area (Å²) in [6.07, 6.45) is 1.74. The molecule has 3 aromatic carbocycles. The van der Waals surface area contributed by atoms with Gasteiger partial charge in [-0.1, -0.05) is 59.4 Å². The molecule has 0 radical (unpaired) electrons. The van der Waals surface area contributed by atoms with Gasteiger partial charge in [0.2, 0.25) is 10.0 Å². The van der Waals surface area contributed by atoms with Crippen molar-refractivity contribution < 1.29 is 8.42 Å². The maximum Gasteiger partial charge on any atom is 0.278 e. The molecule has 1 saturated heterocycles. The average molecular weight is 546 g/mol. The Kier molecular flexibility index (Phi) is 6.52. The largest absolute Gasteiger partial charge is 0.278 e. The summed E-state index contributed by atoms with van der Waals surface area (Å²) in [5.74, 6) is 0.666. The van der Waals surface area contributed by atoms with Crippen molar-refractivity contribution in [2.24, 2.45) is 0 Å². The summed E-state index contributed by atoms with van der Waals surface area (Å²) >= 11 is 1.29. The van der Waals surface area contributed by atoms with Crippen molar-refractivity contribution in [3.63, 3.8) is 0 Å². The van der Waals surface area contributed by atoms with E-state index in [1.54, 1.807) is 36.4 Å². The maximum atomic E-state index is 13.2. The molecule has 0 unspecified atom stereocenters. The molecule has 1 fully saturated rings. The van der Waals surface area contributed by atoms with Gasteiger partial charge in [0.15, 0.2) is 11.0 Å². The number of fused-ring (bicyclic) bond motifs is 1. The Hall–Kier alpha value is -3.87. The van der Waals surface area contributed by atoms with Crippen molar-refractivity contribution >= 4 is 32.7 Å². The van der Waals surface area contributed by atoms with Crippen molar-refractivity contribution in [2.75, 3.05) is 13.1 Å². The van der Waals surface area contributed by atoms with Crippen LogP contribution in [0.2, 0.25) is 0 Å². The third-order valence-corrected chi connectivity index (χ3v) is 9.18. The molecule has 0 amide bonds. The van der Waals surface area contributed by atoms with Crippen LogP contribution in [0.25, 0.3) is 28.0 Å². The van der Waals surface area contributed by atoms with Gasteiger partial charge < -0.3 is 0 Å². The van der Waals surface area contributed by atoms with Gasteiger partial charge in [-0.05, 0) is 49.2 Å². The van der Waals surface area contributed by atoms with E-state index in [-0.39, 0.29) is 16.3 Å². The fourth-order valence-corrected chi connectivity index (χ4v) is 6.85. The normalized spacial score (nSPS) is 14.3. The number of sulfonamides is 1. The van der Waals surface area contributed by atoms with Crippen LogP contribution < -0.4 is 5.56 Å². The Labute approximate surface area is 223 Å². The van der Waals surface area contributed by atoms with E-state index < -0.39 is 10.0 Å². The second-order valence-corrected chi connectivity index (χ2v) is 11.7. The molecule has 12 heteroatoms. The highest BCUT2D eigenvalue weighted by atomic mass is 32.2. The van der Waals surface area contributed by atoms with E-state index in [0.29, 0.717) is 40.5 Å². The lowest BCUT2D eigenvalue weighted by Gasteiger charge is -2.16. The predicted molar refractivity (Wildman–Crippen MR) is 144 cm³/mol. The third-order valence-electron chi connectivity index (χ3n) is 6.39. The molecule has 38 heavy (non-hydrogen) atoms. The molecule has 192 valence electrons. The molecule has 3 heterocycles. The SMILES string of the molecule is O=c1c2ccccc2nnn1CSc1nnc(-c2cccc(S(=O)(=O)N3CCCC3)c2)n1-c1ccccc1. The van der Waals surface area contributed by atoms with Crippen LogP contribution in [-0.2, 0) is 15.9 Å². The standard InChI is InChI=1S/C26H23N7O3S2/c34-25-22-13-4-5-14-23(22)27-30-32(25)18-37-26-29-28-24(33(26)20-10-2-1-3-11-20)19-9-8-12-21(17-19)38(35,36)31-15-6-7-16-31/h1-5,8-14,17H,6-7,15-16,18H2. The first-order chi connectivity index (χ1) is 18.5. The number of nitrogens with zero attached hydrogens (tertiary/aromatic N) is 7. The van der Waals surface area contributed by atoms with E-state index in [4.69, 9.17) is 0 Å². The van der Waals surface area contributed by atoms with E-state index in [2.05, 4.69) is 20.5 Å². The first kappa shape index (κ1) is 24.5. The van der Waals surface area contributed by atoms with Crippen LogP contribution in [0.5, 0.6) is 0 Å². The van der Waals surface area contributed by atoms with Crippen molar-refractivity contribution in [2.45, 2.75) is 28.8 Å². The van der Waals surface area contributed by atoms with Crippen LogP contribution >= 0.6 is 11.8 Å². The lowest BCUT2D eigenvalue weighted by Crippen LogP contribution is -2.27. The molecule has 0 aliphatic carbocycles. The fourth-order valence-electron chi connectivity index (χ4n) is 4.46. The topological polar surface area (TPSA) is 116 Å². The van der Waals surface area contributed by atoms with Gasteiger partial charge >= 0.3 is 0 Å². The summed E-state index contributed by atoms with van der Waals surface area (Å²) in [5, 5.41) is 18.1. The summed E-state index contributed by atoms with van der Waals surface area (Å²) in [6, 6.07) is 23.4. The molecule has 10 nitrogen and oxygen atoms in total. The fraction of sp³-hybridized carbons (Fsp3) is 0.192. The van der Waals surface area contributed by atoms with E-state index in [0.717, 1.165) is 18.5 Å². The first-order valence-electron chi connectivity index (χ1n) is 12.1. The van der Waals surface area contributed by atoms with Gasteiger partial charge in [-0.3, -0.25) is 9.36 Å². The van der Waals surface area contributed by atoms with E-state index in [1.165, 1.54) is 20.7 Å². The number of rotatable bonds is 7. The second kappa shape index (κ2) is 10.1. The zero-order chi connectivity index (χ0) is 26.1. The number of hydrogen-bond donors (Lipinski definition) is 0. The highest BCUT2D eigenvalue weighted by Crippen LogP contribution is 2.30. The molecule has 2 aromatic heterocycles. The van der Waals surface area contributed by atoms with Gasteiger partial charge in [0.05, 0.1) is 16.2 Å². The number of para-hydroxylation sites is 1. The van der Waals surface area contributed by atoms with Crippen molar-refractivity contribution in [3.05, 3.63) is 89.2 Å². The summed E-state index contributed by atoms with van der Waals surface area (Å²) in [7, 11) is -3.59. The van der Waals surface area contributed by atoms with E-state index >= 15 is 0 Å². The highest BCUT2D eigenvalue weighted by molar-refractivity contribution is 7.98. The van der Waals surface area contributed by atoms with Gasteiger partial charge in [-0.15, -0.1) is 15.3 Å². The summed E-state index contributed by atoms with van der Waals surface area (Å²) in [6.45, 7) is 1.06. The quantitative estimate of drug-likeness (QED) is 0.285. The molecule has 0 N–H and O–H groups in total. The number of hydrogen-bond acceptors (Lipinski definition) is 8. The predicted octanol–water partition coefficient (Wildman–Crippen LogP) is 3.57. The average Bonchev–Trinajstić information content (AvgIpc) is 3.65. The lowest BCUT2D eigenvalue weighted by atomic mass is 10.2. The Morgan fingerprint density at radius 2 is 1.61 bits per heavy atom. The molecule has 1 aliphatic heterocycles. The Balaban J connectivity index is 1.38. The zero-order valence-electron chi connectivity index (χ0n) is 20.2. The van der Waals surface area contributed by atoms with Crippen molar-refractivity contribution in [3.8, 4) is 17.1 Å². The molecule has 0 bridgehead atoms. The summed E-state index contributed by atoms with van der Waals surface area (Å²) in [4.78, 5) is 13.1. The monoisotopic (exact) mass is 545 g/mol. The Morgan fingerprint density at radius 1 is 0.842 bits per heavy atom. The first-order valence-corrected chi connectivity index (χ1v) is 14.5. The number of aromatic nitrogens is 6. The smallest absolute Gasteiger partial charge is 0.270 e. The summed E-state index contributed by atoms with van der Waals surface area (Å²) < 4.78 is 31.1. The van der Waals surface area contributed by atoms with Crippen LogP contribution in [0.3, 0.4) is 0 Å². The molecule has 0 saturated carbocycles. The second-order valence-electron chi connectivity index (χ2n) is 8.80. The minimum absolute atomic E-state index is 0.172. The van der Waals surface area contributed by atoms with Crippen molar-refractivity contribution in [1.82, 2.24) is 34.1 Å². The Morgan fingerprint density at radius 3 is 2.42 bits per heavy atom. The van der Waals surface area contributed by atoms with Gasteiger partial charge in [0, 0.05) is 24.3 Å². The summed E-state index contributed by atoms with van der Waals surface area (Å²) in [5.41, 5.74) is 1.72. The number of benzene rings is 3. The Bertz CT molecular complexity index is 1780.